The fraction of sp³-hybridized carbons (Fsp3) is 0.367. The fourth-order valence-corrected chi connectivity index (χ4v) is 4.87. The summed E-state index contributed by atoms with van der Waals surface area (Å²) in [5.41, 5.74) is 2.16. The maximum Gasteiger partial charge on any atom is 0.318 e. The zero-order valence-electron chi connectivity index (χ0n) is 21.9. The minimum Gasteiger partial charge on any atom is -0.508 e. The summed E-state index contributed by atoms with van der Waals surface area (Å²) in [4.78, 5) is 13.7. The van der Waals surface area contributed by atoms with Gasteiger partial charge in [0.2, 0.25) is 11.4 Å². The summed E-state index contributed by atoms with van der Waals surface area (Å²) in [5, 5.41) is 43.1. The van der Waals surface area contributed by atoms with Crippen LogP contribution in [0.5, 0.6) is 28.7 Å². The number of phenols is 3. The number of hydrogen-bond donors (Lipinski definition) is 4. The first-order valence-electron chi connectivity index (χ1n) is 12.4. The van der Waals surface area contributed by atoms with E-state index in [1.54, 1.807) is 6.07 Å². The summed E-state index contributed by atoms with van der Waals surface area (Å²) >= 11 is 0. The van der Waals surface area contributed by atoms with E-state index in [0.29, 0.717) is 17.5 Å². The van der Waals surface area contributed by atoms with Gasteiger partial charge in [0.15, 0.2) is 0 Å². The van der Waals surface area contributed by atoms with Crippen molar-refractivity contribution in [3.05, 3.63) is 75.9 Å². The van der Waals surface area contributed by atoms with E-state index in [4.69, 9.17) is 9.47 Å². The second kappa shape index (κ2) is 9.63. The summed E-state index contributed by atoms with van der Waals surface area (Å²) in [7, 11) is 0. The molecule has 2 aromatic carbocycles. The van der Waals surface area contributed by atoms with E-state index in [9.17, 15) is 25.2 Å². The number of aromatic hydroxyl groups is 3. The van der Waals surface area contributed by atoms with Crippen LogP contribution in [0.4, 0.5) is 0 Å². The maximum absolute atomic E-state index is 13.7. The van der Waals surface area contributed by atoms with Gasteiger partial charge in [-0.15, -0.1) is 0 Å². The highest BCUT2D eigenvalue weighted by Crippen LogP contribution is 2.59. The quantitative estimate of drug-likeness (QED) is 0.343. The smallest absolute Gasteiger partial charge is 0.318 e. The van der Waals surface area contributed by atoms with Gasteiger partial charge in [-0.25, -0.2) is 0 Å². The highest BCUT2D eigenvalue weighted by Gasteiger charge is 2.70. The van der Waals surface area contributed by atoms with Crippen LogP contribution in [-0.2, 0) is 12.0 Å². The minimum absolute atomic E-state index is 0.0304. The van der Waals surface area contributed by atoms with Crippen LogP contribution >= 0.6 is 0 Å². The number of benzene rings is 2. The number of allylic oxidation sites excluding steroid dienone is 5. The second-order valence-electron chi connectivity index (χ2n) is 10.3. The molecule has 2 unspecified atom stereocenters. The Morgan fingerprint density at radius 1 is 0.919 bits per heavy atom. The Hall–Kier alpha value is -3.71. The lowest BCUT2D eigenvalue weighted by atomic mass is 9.77. The van der Waals surface area contributed by atoms with Crippen LogP contribution in [0.2, 0.25) is 0 Å². The number of hydrogen-bond acceptors (Lipinski definition) is 7. The number of phenolic OH excluding ortho intramolecular Hbond substituents is 3. The Bertz CT molecular complexity index is 1340. The molecule has 2 aliphatic rings. The molecule has 0 saturated heterocycles. The summed E-state index contributed by atoms with van der Waals surface area (Å²) in [5.74, 6) is -4.13. The average Bonchev–Trinajstić information content (AvgIpc) is 3.05. The van der Waals surface area contributed by atoms with Gasteiger partial charge >= 0.3 is 5.79 Å². The molecule has 0 spiro atoms. The molecule has 0 saturated carbocycles. The standard InChI is InChI=1S/C30H34O7/c1-17(2)7-6-8-19(5)9-10-21-23(32)12-11-22-27(21)37-30(35)28(34)26-24(33)15-20(31)16-25(26)36-29(22,30)14-13-18(3)4/h7,9,11-13,15-16,31-33,35H,6,8,10,14H2,1-5H3. The van der Waals surface area contributed by atoms with Crippen molar-refractivity contribution < 1.29 is 34.7 Å². The van der Waals surface area contributed by atoms with Gasteiger partial charge in [-0.3, -0.25) is 4.79 Å². The number of carbonyl (C=O) groups excluding carboxylic acids is 1. The molecule has 4 rings (SSSR count). The first-order chi connectivity index (χ1) is 17.4. The molecule has 0 amide bonds. The third-order valence-electron chi connectivity index (χ3n) is 6.90. The predicted octanol–water partition coefficient (Wildman–Crippen LogP) is 5.95. The Labute approximate surface area is 217 Å². The van der Waals surface area contributed by atoms with Crippen molar-refractivity contribution in [3.8, 4) is 28.7 Å². The number of ketones is 1. The van der Waals surface area contributed by atoms with E-state index in [2.05, 4.69) is 19.9 Å². The third-order valence-corrected chi connectivity index (χ3v) is 6.90. The highest BCUT2D eigenvalue weighted by atomic mass is 16.7. The molecule has 0 aromatic heterocycles. The van der Waals surface area contributed by atoms with Crippen LogP contribution in [0.1, 0.15) is 75.4 Å². The maximum atomic E-state index is 13.7. The van der Waals surface area contributed by atoms with Crippen LogP contribution < -0.4 is 9.47 Å². The van der Waals surface area contributed by atoms with Crippen LogP contribution in [0.25, 0.3) is 0 Å². The van der Waals surface area contributed by atoms with E-state index in [1.807, 2.05) is 32.9 Å². The van der Waals surface area contributed by atoms with Gasteiger partial charge in [0.1, 0.15) is 34.3 Å². The Morgan fingerprint density at radius 3 is 2.30 bits per heavy atom. The van der Waals surface area contributed by atoms with Gasteiger partial charge in [0.25, 0.3) is 0 Å². The molecular weight excluding hydrogens is 472 g/mol. The Balaban J connectivity index is 1.84. The van der Waals surface area contributed by atoms with Gasteiger partial charge < -0.3 is 29.9 Å². The lowest BCUT2D eigenvalue weighted by Crippen LogP contribution is -2.62. The topological polar surface area (TPSA) is 116 Å². The van der Waals surface area contributed by atoms with Crippen LogP contribution in [0.15, 0.2) is 59.2 Å². The van der Waals surface area contributed by atoms with Crippen molar-refractivity contribution in [1.29, 1.82) is 0 Å². The molecule has 4 N–H and O–H groups in total. The van der Waals surface area contributed by atoms with Gasteiger partial charge in [-0.1, -0.05) is 34.9 Å². The predicted molar refractivity (Wildman–Crippen MR) is 140 cm³/mol. The fourth-order valence-electron chi connectivity index (χ4n) is 4.87. The molecule has 2 aliphatic heterocycles. The van der Waals surface area contributed by atoms with Crippen LogP contribution in [0.3, 0.4) is 0 Å². The molecule has 196 valence electrons. The van der Waals surface area contributed by atoms with E-state index < -0.39 is 22.9 Å². The molecule has 7 nitrogen and oxygen atoms in total. The first-order valence-corrected chi connectivity index (χ1v) is 12.4. The Morgan fingerprint density at radius 2 is 1.62 bits per heavy atom. The first kappa shape index (κ1) is 26.4. The highest BCUT2D eigenvalue weighted by molar-refractivity contribution is 6.08. The van der Waals surface area contributed by atoms with E-state index in [1.165, 1.54) is 17.7 Å². The monoisotopic (exact) mass is 506 g/mol. The van der Waals surface area contributed by atoms with Gasteiger partial charge in [0.05, 0.1) is 0 Å². The second-order valence-corrected chi connectivity index (χ2v) is 10.3. The largest absolute Gasteiger partial charge is 0.508 e. The van der Waals surface area contributed by atoms with Gasteiger partial charge in [-0.2, -0.15) is 0 Å². The molecule has 0 bridgehead atoms. The average molecular weight is 507 g/mol. The van der Waals surface area contributed by atoms with Crippen molar-refractivity contribution >= 4 is 5.78 Å². The van der Waals surface area contributed by atoms with Crippen molar-refractivity contribution in [3.63, 3.8) is 0 Å². The molecular formula is C30H34O7. The molecule has 0 radical (unpaired) electrons. The number of Topliss-reactive ketones (excluding diaryl/α,β-unsaturated/α-hetero) is 1. The molecule has 0 fully saturated rings. The number of carbonyl (C=O) groups is 1. The number of rotatable bonds is 7. The molecule has 37 heavy (non-hydrogen) atoms. The zero-order valence-corrected chi connectivity index (χ0v) is 21.9. The van der Waals surface area contributed by atoms with Gasteiger partial charge in [0, 0.05) is 29.7 Å². The van der Waals surface area contributed by atoms with Crippen molar-refractivity contribution in [1.82, 2.24) is 0 Å². The van der Waals surface area contributed by atoms with Crippen molar-refractivity contribution in [2.75, 3.05) is 0 Å². The summed E-state index contributed by atoms with van der Waals surface area (Å²) in [6.07, 6.45) is 8.13. The summed E-state index contributed by atoms with van der Waals surface area (Å²) < 4.78 is 12.3. The molecule has 2 aromatic rings. The number of aliphatic hydroxyl groups is 1. The normalized spacial score (nSPS) is 21.8. The molecule has 7 heteroatoms. The van der Waals surface area contributed by atoms with Crippen molar-refractivity contribution in [2.24, 2.45) is 0 Å². The number of fused-ring (bicyclic) bond motifs is 4. The van der Waals surface area contributed by atoms with E-state index in [-0.39, 0.29) is 35.0 Å². The molecule has 0 aliphatic carbocycles. The molecule has 2 heterocycles. The summed E-state index contributed by atoms with van der Waals surface area (Å²) in [6, 6.07) is 5.32. The van der Waals surface area contributed by atoms with Crippen LogP contribution in [-0.4, -0.2) is 32.0 Å². The Kier molecular flexibility index (Phi) is 6.86. The molecule has 2 atom stereocenters. The lowest BCUT2D eigenvalue weighted by Gasteiger charge is -2.43. The van der Waals surface area contributed by atoms with E-state index in [0.717, 1.165) is 30.1 Å². The zero-order chi connectivity index (χ0) is 27.1. The lowest BCUT2D eigenvalue weighted by molar-refractivity contribution is -0.201. The van der Waals surface area contributed by atoms with E-state index >= 15 is 0 Å². The SMILES string of the molecule is CC(C)=CCCC(C)=CCc1c(O)ccc2c1OC1(O)C(=O)c3c(O)cc(O)cc3OC21CC=C(C)C. The third kappa shape index (κ3) is 4.48. The van der Waals surface area contributed by atoms with Crippen LogP contribution in [0, 0.1) is 0 Å². The van der Waals surface area contributed by atoms with Gasteiger partial charge in [-0.05, 0) is 66.0 Å². The number of ether oxygens (including phenoxy) is 2. The summed E-state index contributed by atoms with van der Waals surface area (Å²) in [6.45, 7) is 9.89. The van der Waals surface area contributed by atoms with Crippen molar-refractivity contribution in [2.45, 2.75) is 71.7 Å². The minimum atomic E-state index is -2.51.